The van der Waals surface area contributed by atoms with E-state index in [1.165, 1.54) is 0 Å². The highest BCUT2D eigenvalue weighted by Crippen LogP contribution is 2.29. The molecule has 4 nitrogen and oxygen atoms in total. The average Bonchev–Trinajstić information content (AvgIpc) is 2.98. The number of carbonyl (C=O) groups is 1. The molecule has 0 bridgehead atoms. The Kier molecular flexibility index (Phi) is 5.55. The van der Waals surface area contributed by atoms with Crippen LogP contribution in [0.15, 0.2) is 29.6 Å². The molecule has 0 saturated carbocycles. The third-order valence-corrected chi connectivity index (χ3v) is 4.41. The van der Waals surface area contributed by atoms with E-state index in [9.17, 15) is 4.79 Å². The van der Waals surface area contributed by atoms with Gasteiger partial charge >= 0.3 is 5.97 Å². The summed E-state index contributed by atoms with van der Waals surface area (Å²) < 4.78 is 4.93. The van der Waals surface area contributed by atoms with Gasteiger partial charge in [0.05, 0.1) is 12.3 Å². The summed E-state index contributed by atoms with van der Waals surface area (Å²) in [5.41, 5.74) is 9.11. The normalized spacial score (nSPS) is 12.9. The van der Waals surface area contributed by atoms with Gasteiger partial charge in [0.25, 0.3) is 0 Å². The zero-order chi connectivity index (χ0) is 17.0. The molecule has 2 N–H and O–H groups in total. The second-order valence-electron chi connectivity index (χ2n) is 6.55. The lowest BCUT2D eigenvalue weighted by atomic mass is 9.93. The number of carbonyl (C=O) groups excluding carboxylic acids is 1. The Morgan fingerprint density at radius 1 is 1.30 bits per heavy atom. The molecule has 0 aliphatic carbocycles. The molecule has 0 fully saturated rings. The summed E-state index contributed by atoms with van der Waals surface area (Å²) in [6.45, 7) is 8.61. The molecule has 0 aliphatic heterocycles. The van der Waals surface area contributed by atoms with Gasteiger partial charge in [0.2, 0.25) is 0 Å². The summed E-state index contributed by atoms with van der Waals surface area (Å²) >= 11 is 1.65. The van der Waals surface area contributed by atoms with Gasteiger partial charge in [-0.25, -0.2) is 4.98 Å². The summed E-state index contributed by atoms with van der Waals surface area (Å²) in [7, 11) is 0. The summed E-state index contributed by atoms with van der Waals surface area (Å²) in [5.74, 6) is -0.355. The Morgan fingerprint density at radius 3 is 2.48 bits per heavy atom. The molecule has 1 heterocycles. The topological polar surface area (TPSA) is 65.2 Å². The third kappa shape index (κ3) is 4.62. The molecule has 23 heavy (non-hydrogen) atoms. The summed E-state index contributed by atoms with van der Waals surface area (Å²) in [5, 5.41) is 3.12. The fourth-order valence-corrected chi connectivity index (χ4v) is 3.17. The first-order valence-corrected chi connectivity index (χ1v) is 8.66. The standard InChI is InChI=1S/C18H24N2O2S/c1-5-22-17(21)14(19)10-12-6-8-13(9-7-12)16-20-15(11-23-16)18(2,3)4/h6-9,11,14H,5,10,19H2,1-4H3. The second-order valence-corrected chi connectivity index (χ2v) is 7.41. The number of aromatic nitrogens is 1. The van der Waals surface area contributed by atoms with Crippen molar-refractivity contribution in [2.45, 2.75) is 45.6 Å². The van der Waals surface area contributed by atoms with Crippen molar-refractivity contribution in [3.8, 4) is 10.6 Å². The van der Waals surface area contributed by atoms with E-state index in [0.29, 0.717) is 13.0 Å². The Bertz CT molecular complexity index is 656. The smallest absolute Gasteiger partial charge is 0.323 e. The van der Waals surface area contributed by atoms with Gasteiger partial charge in [-0.3, -0.25) is 4.79 Å². The molecule has 0 radical (unpaired) electrons. The largest absolute Gasteiger partial charge is 0.465 e. The minimum Gasteiger partial charge on any atom is -0.465 e. The molecule has 2 aromatic rings. The molecule has 1 aromatic heterocycles. The molecule has 1 atom stereocenters. The molecular weight excluding hydrogens is 308 g/mol. The van der Waals surface area contributed by atoms with Crippen molar-refractivity contribution >= 4 is 17.3 Å². The zero-order valence-corrected chi connectivity index (χ0v) is 14.9. The molecule has 1 aromatic carbocycles. The SMILES string of the molecule is CCOC(=O)C(N)Cc1ccc(-c2nc(C(C)(C)C)cs2)cc1. The molecule has 124 valence electrons. The number of thiazole rings is 1. The Hall–Kier alpha value is -1.72. The first kappa shape index (κ1) is 17.6. The van der Waals surface area contributed by atoms with Crippen LogP contribution in [0.4, 0.5) is 0 Å². The average molecular weight is 332 g/mol. The maximum absolute atomic E-state index is 11.6. The third-order valence-electron chi connectivity index (χ3n) is 3.52. The quantitative estimate of drug-likeness (QED) is 0.851. The van der Waals surface area contributed by atoms with E-state index < -0.39 is 6.04 Å². The molecule has 2 rings (SSSR count). The Labute approximate surface area is 141 Å². The van der Waals surface area contributed by atoms with Crippen LogP contribution in [0.2, 0.25) is 0 Å². The van der Waals surface area contributed by atoms with Crippen molar-refractivity contribution < 1.29 is 9.53 Å². The number of hydrogen-bond acceptors (Lipinski definition) is 5. The zero-order valence-electron chi connectivity index (χ0n) is 14.1. The van der Waals surface area contributed by atoms with Gasteiger partial charge in [0, 0.05) is 16.4 Å². The van der Waals surface area contributed by atoms with Gasteiger partial charge in [-0.15, -0.1) is 11.3 Å². The molecule has 5 heteroatoms. The summed E-state index contributed by atoms with van der Waals surface area (Å²) in [6, 6.07) is 7.42. The number of benzene rings is 1. The van der Waals surface area contributed by atoms with E-state index in [1.807, 2.05) is 24.3 Å². The molecular formula is C18H24N2O2S. The van der Waals surface area contributed by atoms with E-state index >= 15 is 0 Å². The van der Waals surface area contributed by atoms with Crippen molar-refractivity contribution in [1.82, 2.24) is 4.98 Å². The van der Waals surface area contributed by atoms with Gasteiger partial charge in [0.15, 0.2) is 0 Å². The lowest BCUT2D eigenvalue weighted by Gasteiger charge is -2.14. The van der Waals surface area contributed by atoms with E-state index in [0.717, 1.165) is 21.8 Å². The fourth-order valence-electron chi connectivity index (χ4n) is 2.12. The Morgan fingerprint density at radius 2 is 1.96 bits per heavy atom. The van der Waals surface area contributed by atoms with Gasteiger partial charge in [0.1, 0.15) is 11.0 Å². The van der Waals surface area contributed by atoms with Crippen molar-refractivity contribution in [2.75, 3.05) is 6.61 Å². The van der Waals surface area contributed by atoms with Crippen molar-refractivity contribution in [1.29, 1.82) is 0 Å². The van der Waals surface area contributed by atoms with E-state index in [4.69, 9.17) is 15.5 Å². The maximum atomic E-state index is 11.6. The van der Waals surface area contributed by atoms with Gasteiger partial charge in [-0.2, -0.15) is 0 Å². The van der Waals surface area contributed by atoms with Crippen LogP contribution in [-0.2, 0) is 21.4 Å². The molecule has 0 amide bonds. The number of hydrogen-bond donors (Lipinski definition) is 1. The van der Waals surface area contributed by atoms with Crippen LogP contribution in [0, 0.1) is 0 Å². The molecule has 1 unspecified atom stereocenters. The highest BCUT2D eigenvalue weighted by Gasteiger charge is 2.18. The molecule has 0 spiro atoms. The van der Waals surface area contributed by atoms with Gasteiger partial charge in [-0.05, 0) is 18.9 Å². The molecule has 0 aliphatic rings. The minimum atomic E-state index is -0.617. The van der Waals surface area contributed by atoms with Crippen LogP contribution in [0.3, 0.4) is 0 Å². The van der Waals surface area contributed by atoms with E-state index in [2.05, 4.69) is 26.2 Å². The monoisotopic (exact) mass is 332 g/mol. The maximum Gasteiger partial charge on any atom is 0.323 e. The van der Waals surface area contributed by atoms with Crippen LogP contribution < -0.4 is 5.73 Å². The number of nitrogens with zero attached hydrogens (tertiary/aromatic N) is 1. The van der Waals surface area contributed by atoms with E-state index in [-0.39, 0.29) is 11.4 Å². The van der Waals surface area contributed by atoms with Crippen LogP contribution in [0.25, 0.3) is 10.6 Å². The lowest BCUT2D eigenvalue weighted by molar-refractivity contribution is -0.144. The first-order chi connectivity index (χ1) is 10.8. The number of ether oxygens (including phenoxy) is 1. The van der Waals surface area contributed by atoms with E-state index in [1.54, 1.807) is 18.3 Å². The van der Waals surface area contributed by atoms with Gasteiger partial charge < -0.3 is 10.5 Å². The number of nitrogens with two attached hydrogens (primary N) is 1. The Balaban J connectivity index is 2.08. The molecule has 0 saturated heterocycles. The minimum absolute atomic E-state index is 0.0566. The van der Waals surface area contributed by atoms with Crippen molar-refractivity contribution in [3.05, 3.63) is 40.9 Å². The second kappa shape index (κ2) is 7.23. The van der Waals surface area contributed by atoms with Gasteiger partial charge in [-0.1, -0.05) is 45.0 Å². The van der Waals surface area contributed by atoms with Crippen LogP contribution >= 0.6 is 11.3 Å². The summed E-state index contributed by atoms with van der Waals surface area (Å²) in [6.07, 6.45) is 0.476. The predicted octanol–water partition coefficient (Wildman–Crippen LogP) is 3.54. The summed E-state index contributed by atoms with van der Waals surface area (Å²) in [4.78, 5) is 16.3. The number of esters is 1. The fraction of sp³-hybridized carbons (Fsp3) is 0.444. The van der Waals surface area contributed by atoms with Crippen molar-refractivity contribution in [2.24, 2.45) is 5.73 Å². The lowest BCUT2D eigenvalue weighted by Crippen LogP contribution is -2.34. The van der Waals surface area contributed by atoms with Crippen molar-refractivity contribution in [3.63, 3.8) is 0 Å². The van der Waals surface area contributed by atoms with Crippen LogP contribution in [-0.4, -0.2) is 23.6 Å². The number of rotatable bonds is 5. The first-order valence-electron chi connectivity index (χ1n) is 7.78. The van der Waals surface area contributed by atoms with Crippen LogP contribution in [0.1, 0.15) is 39.0 Å². The highest BCUT2D eigenvalue weighted by atomic mass is 32.1. The highest BCUT2D eigenvalue weighted by molar-refractivity contribution is 7.13. The predicted molar refractivity (Wildman–Crippen MR) is 94.6 cm³/mol. The van der Waals surface area contributed by atoms with Crippen LogP contribution in [0.5, 0.6) is 0 Å².